The number of hydrogen-bond donors (Lipinski definition) is 1. The Morgan fingerprint density at radius 3 is 1.88 bits per heavy atom. The molecule has 0 aliphatic rings. The molecule has 2 N–H and O–H groups in total. The van der Waals surface area contributed by atoms with Crippen LogP contribution in [0.3, 0.4) is 0 Å². The van der Waals surface area contributed by atoms with E-state index in [4.69, 9.17) is 5.73 Å². The lowest BCUT2D eigenvalue weighted by Crippen LogP contribution is -2.38. The minimum absolute atomic E-state index is 0.266. The topological polar surface area (TPSA) is 52.3 Å². The van der Waals surface area contributed by atoms with Gasteiger partial charge in [0.15, 0.2) is 0 Å². The molecule has 0 saturated carbocycles. The van der Waals surface area contributed by atoms with Gasteiger partial charge in [-0.25, -0.2) is 0 Å². The molecule has 0 aromatic heterocycles. The molecule has 0 radical (unpaired) electrons. The molecule has 0 aromatic rings. The molecule has 0 aromatic carbocycles. The van der Waals surface area contributed by atoms with Crippen LogP contribution in [0.5, 0.6) is 0 Å². The van der Waals surface area contributed by atoms with E-state index in [0.29, 0.717) is 0 Å². The first kappa shape index (κ1) is 20.8. The van der Waals surface area contributed by atoms with Crippen molar-refractivity contribution < 1.29 is 9.53 Å². The number of ether oxygens (including phenoxy) is 1. The monoisotopic (exact) mass is 233 g/mol. The predicted molar refractivity (Wildman–Crippen MR) is 71.4 cm³/mol. The summed E-state index contributed by atoms with van der Waals surface area (Å²) in [4.78, 5) is 11.0. The van der Waals surface area contributed by atoms with Crippen LogP contribution in [-0.4, -0.2) is 19.1 Å². The second kappa shape index (κ2) is 16.8. The Balaban J connectivity index is -0.000000376. The van der Waals surface area contributed by atoms with Crippen LogP contribution in [0.1, 0.15) is 60.8 Å². The molecule has 0 amide bonds. The summed E-state index contributed by atoms with van der Waals surface area (Å²) in [6, 6.07) is -0.444. The average molecular weight is 233 g/mol. The summed E-state index contributed by atoms with van der Waals surface area (Å²) >= 11 is 0. The molecule has 0 spiro atoms. The summed E-state index contributed by atoms with van der Waals surface area (Å²) in [5.41, 5.74) is 5.69. The molecule has 0 aliphatic heterocycles. The fourth-order valence-electron chi connectivity index (χ4n) is 1.34. The Hall–Kier alpha value is -0.570. The molecular formula is C13H31NO2. The third-order valence-electron chi connectivity index (χ3n) is 2.17. The van der Waals surface area contributed by atoms with Gasteiger partial charge >= 0.3 is 5.97 Å². The van der Waals surface area contributed by atoms with Gasteiger partial charge in [-0.05, 0) is 12.3 Å². The van der Waals surface area contributed by atoms with Gasteiger partial charge in [-0.2, -0.15) is 0 Å². The van der Waals surface area contributed by atoms with Gasteiger partial charge in [-0.3, -0.25) is 4.79 Å². The van der Waals surface area contributed by atoms with E-state index in [1.54, 1.807) is 0 Å². The zero-order valence-corrected chi connectivity index (χ0v) is 12.2. The van der Waals surface area contributed by atoms with Gasteiger partial charge in [-0.15, -0.1) is 0 Å². The van der Waals surface area contributed by atoms with Gasteiger partial charge in [0.2, 0.25) is 0 Å². The molecule has 100 valence electrons. The molecule has 3 heteroatoms. The van der Waals surface area contributed by atoms with Crippen LogP contribution >= 0.6 is 0 Å². The molecule has 0 bridgehead atoms. The minimum Gasteiger partial charge on any atom is -0.468 e. The van der Waals surface area contributed by atoms with Crippen LogP contribution in [0, 0.1) is 5.92 Å². The van der Waals surface area contributed by atoms with Crippen molar-refractivity contribution in [1.29, 1.82) is 0 Å². The first-order valence-corrected chi connectivity index (χ1v) is 6.50. The molecule has 0 aliphatic carbocycles. The highest BCUT2D eigenvalue weighted by Crippen LogP contribution is 2.14. The molecular weight excluding hydrogens is 202 g/mol. The summed E-state index contributed by atoms with van der Waals surface area (Å²) in [7, 11) is 1.38. The molecule has 2 atom stereocenters. The van der Waals surface area contributed by atoms with Crippen LogP contribution in [0.15, 0.2) is 0 Å². The normalized spacial score (nSPS) is 12.2. The third kappa shape index (κ3) is 9.97. The van der Waals surface area contributed by atoms with E-state index in [0.717, 1.165) is 19.3 Å². The van der Waals surface area contributed by atoms with Gasteiger partial charge in [0.05, 0.1) is 7.11 Å². The van der Waals surface area contributed by atoms with Crippen LogP contribution < -0.4 is 5.73 Å². The van der Waals surface area contributed by atoms with Gasteiger partial charge in [-0.1, -0.05) is 54.4 Å². The van der Waals surface area contributed by atoms with E-state index in [-0.39, 0.29) is 11.9 Å². The van der Waals surface area contributed by atoms with Gasteiger partial charge in [0.1, 0.15) is 6.04 Å². The number of hydrogen-bond acceptors (Lipinski definition) is 3. The van der Waals surface area contributed by atoms with Gasteiger partial charge < -0.3 is 10.5 Å². The van der Waals surface area contributed by atoms with Crippen LogP contribution in [0.25, 0.3) is 0 Å². The maximum absolute atomic E-state index is 11.0. The number of carbonyl (C=O) groups is 1. The lowest BCUT2D eigenvalue weighted by atomic mass is 9.93. The number of esters is 1. The lowest BCUT2D eigenvalue weighted by molar-refractivity contribution is -0.143. The Morgan fingerprint density at radius 1 is 1.19 bits per heavy atom. The fraction of sp³-hybridized carbons (Fsp3) is 0.923. The second-order valence-corrected chi connectivity index (χ2v) is 3.01. The number of rotatable bonds is 5. The largest absolute Gasteiger partial charge is 0.468 e. The standard InChI is InChI=1S/C9H19NO2.2C2H6/c1-4-6-7(5-2)8(10)9(11)12-3;2*1-2/h7-8H,4-6,10H2,1-3H3;2*1-2H3. The van der Waals surface area contributed by atoms with Crippen LogP contribution in [-0.2, 0) is 9.53 Å². The Bertz CT molecular complexity index is 138. The zero-order valence-electron chi connectivity index (χ0n) is 12.2. The van der Waals surface area contributed by atoms with E-state index in [9.17, 15) is 4.79 Å². The molecule has 0 fully saturated rings. The number of nitrogens with two attached hydrogens (primary N) is 1. The van der Waals surface area contributed by atoms with E-state index in [1.807, 2.05) is 34.6 Å². The maximum Gasteiger partial charge on any atom is 0.322 e. The van der Waals surface area contributed by atoms with E-state index >= 15 is 0 Å². The zero-order chi connectivity index (χ0) is 13.6. The summed E-state index contributed by atoms with van der Waals surface area (Å²) < 4.78 is 4.58. The van der Waals surface area contributed by atoms with E-state index in [1.165, 1.54) is 7.11 Å². The SMILES string of the molecule is CC.CC.CCCC(CC)C(N)C(=O)OC. The number of methoxy groups -OCH3 is 1. The maximum atomic E-state index is 11.0. The molecule has 3 nitrogen and oxygen atoms in total. The van der Waals surface area contributed by atoms with Crippen molar-refractivity contribution in [1.82, 2.24) is 0 Å². The first-order chi connectivity index (χ1) is 7.67. The Kier molecular flexibility index (Phi) is 21.9. The van der Waals surface area contributed by atoms with Gasteiger partial charge in [0.25, 0.3) is 0 Å². The molecule has 0 saturated heterocycles. The van der Waals surface area contributed by atoms with Crippen molar-refractivity contribution in [2.24, 2.45) is 11.7 Å². The van der Waals surface area contributed by atoms with Crippen LogP contribution in [0.2, 0.25) is 0 Å². The summed E-state index contributed by atoms with van der Waals surface area (Å²) in [6.45, 7) is 12.1. The second-order valence-electron chi connectivity index (χ2n) is 3.01. The molecule has 16 heavy (non-hydrogen) atoms. The third-order valence-corrected chi connectivity index (χ3v) is 2.17. The van der Waals surface area contributed by atoms with Crippen molar-refractivity contribution in [3.63, 3.8) is 0 Å². The summed E-state index contributed by atoms with van der Waals surface area (Å²) in [5.74, 6) is -0.0299. The van der Waals surface area contributed by atoms with E-state index < -0.39 is 6.04 Å². The van der Waals surface area contributed by atoms with Crippen LogP contribution in [0.4, 0.5) is 0 Å². The van der Waals surface area contributed by atoms with Gasteiger partial charge in [0, 0.05) is 0 Å². The highest BCUT2D eigenvalue weighted by molar-refractivity contribution is 5.75. The summed E-state index contributed by atoms with van der Waals surface area (Å²) in [6.07, 6.45) is 2.99. The summed E-state index contributed by atoms with van der Waals surface area (Å²) in [5, 5.41) is 0. The lowest BCUT2D eigenvalue weighted by Gasteiger charge is -2.19. The smallest absolute Gasteiger partial charge is 0.322 e. The quantitative estimate of drug-likeness (QED) is 0.741. The fourth-order valence-corrected chi connectivity index (χ4v) is 1.34. The van der Waals surface area contributed by atoms with Crippen molar-refractivity contribution in [3.8, 4) is 0 Å². The van der Waals surface area contributed by atoms with Crippen molar-refractivity contribution in [3.05, 3.63) is 0 Å². The van der Waals surface area contributed by atoms with Crippen molar-refractivity contribution in [2.45, 2.75) is 66.8 Å². The van der Waals surface area contributed by atoms with E-state index in [2.05, 4.69) is 11.7 Å². The highest BCUT2D eigenvalue weighted by Gasteiger charge is 2.22. The van der Waals surface area contributed by atoms with Crippen molar-refractivity contribution in [2.75, 3.05) is 7.11 Å². The molecule has 2 unspecified atom stereocenters. The molecule has 0 heterocycles. The first-order valence-electron chi connectivity index (χ1n) is 6.50. The number of carbonyl (C=O) groups excluding carboxylic acids is 1. The predicted octanol–water partition coefficient (Wildman–Crippen LogP) is 3.37. The highest BCUT2D eigenvalue weighted by atomic mass is 16.5. The average Bonchev–Trinajstić information content (AvgIpc) is 2.38. The molecule has 0 rings (SSSR count). The van der Waals surface area contributed by atoms with Crippen molar-refractivity contribution >= 4 is 5.97 Å². The minimum atomic E-state index is -0.444. The Morgan fingerprint density at radius 2 is 1.62 bits per heavy atom. The Labute approximate surface area is 102 Å².